The third-order valence-corrected chi connectivity index (χ3v) is 3.94. The lowest BCUT2D eigenvalue weighted by molar-refractivity contribution is 0.0353. The molecule has 3 nitrogen and oxygen atoms in total. The van der Waals surface area contributed by atoms with E-state index in [1.54, 1.807) is 0 Å². The lowest BCUT2D eigenvalue weighted by Crippen LogP contribution is -2.32. The van der Waals surface area contributed by atoms with Crippen molar-refractivity contribution in [2.45, 2.75) is 59.0 Å². The van der Waals surface area contributed by atoms with Crippen molar-refractivity contribution in [1.82, 2.24) is 5.32 Å². The largest absolute Gasteiger partial charge is 0.389 e. The fourth-order valence-corrected chi connectivity index (χ4v) is 2.26. The van der Waals surface area contributed by atoms with Crippen molar-refractivity contribution in [3.63, 3.8) is 0 Å². The molecule has 0 spiro atoms. The van der Waals surface area contributed by atoms with E-state index in [9.17, 15) is 5.11 Å². The second-order valence-corrected chi connectivity index (χ2v) is 6.34. The maximum Gasteiger partial charge on any atom is 0.0897 e. The Kier molecular flexibility index (Phi) is 7.20. The molecule has 0 saturated heterocycles. The van der Waals surface area contributed by atoms with E-state index in [4.69, 9.17) is 4.74 Å². The summed E-state index contributed by atoms with van der Waals surface area (Å²) in [5, 5.41) is 13.1. The van der Waals surface area contributed by atoms with E-state index in [2.05, 4.69) is 26.1 Å². The van der Waals surface area contributed by atoms with Crippen molar-refractivity contribution in [2.75, 3.05) is 26.3 Å². The van der Waals surface area contributed by atoms with E-state index < -0.39 is 0 Å². The van der Waals surface area contributed by atoms with E-state index in [0.29, 0.717) is 18.6 Å². The second-order valence-electron chi connectivity index (χ2n) is 6.34. The summed E-state index contributed by atoms with van der Waals surface area (Å²) >= 11 is 0. The van der Waals surface area contributed by atoms with Gasteiger partial charge < -0.3 is 15.2 Å². The van der Waals surface area contributed by atoms with Crippen molar-refractivity contribution in [3.05, 3.63) is 0 Å². The predicted molar refractivity (Wildman–Crippen MR) is 75.7 cm³/mol. The molecule has 0 amide bonds. The van der Waals surface area contributed by atoms with Crippen molar-refractivity contribution >= 4 is 0 Å². The first-order valence-electron chi connectivity index (χ1n) is 7.52. The van der Waals surface area contributed by atoms with Gasteiger partial charge in [-0.2, -0.15) is 0 Å². The monoisotopic (exact) mass is 257 g/mol. The van der Waals surface area contributed by atoms with Crippen LogP contribution < -0.4 is 5.32 Å². The Labute approximate surface area is 112 Å². The topological polar surface area (TPSA) is 41.5 Å². The SMILES string of the molecule is CCCCCCOCC(O)CNCC1CC1(C)C. The van der Waals surface area contributed by atoms with Crippen LogP contribution in [0.1, 0.15) is 52.9 Å². The number of ether oxygens (including phenoxy) is 1. The van der Waals surface area contributed by atoms with Crippen LogP contribution in [0.15, 0.2) is 0 Å². The smallest absolute Gasteiger partial charge is 0.0897 e. The standard InChI is InChI=1S/C15H31NO2/c1-4-5-6-7-8-18-12-14(17)11-16-10-13-9-15(13,2)3/h13-14,16-17H,4-12H2,1-3H3. The first-order valence-corrected chi connectivity index (χ1v) is 7.52. The van der Waals surface area contributed by atoms with Gasteiger partial charge in [0.2, 0.25) is 0 Å². The highest BCUT2D eigenvalue weighted by molar-refractivity contribution is 4.96. The molecule has 0 bridgehead atoms. The van der Waals surface area contributed by atoms with Gasteiger partial charge in [-0.1, -0.05) is 40.0 Å². The Hall–Kier alpha value is -0.120. The van der Waals surface area contributed by atoms with Crippen molar-refractivity contribution in [1.29, 1.82) is 0 Å². The van der Waals surface area contributed by atoms with Crippen LogP contribution in [0.5, 0.6) is 0 Å². The highest BCUT2D eigenvalue weighted by Gasteiger charge is 2.44. The molecule has 1 fully saturated rings. The summed E-state index contributed by atoms with van der Waals surface area (Å²) in [5.74, 6) is 0.791. The highest BCUT2D eigenvalue weighted by Crippen LogP contribution is 2.50. The summed E-state index contributed by atoms with van der Waals surface area (Å²) in [7, 11) is 0. The molecule has 1 aliphatic carbocycles. The van der Waals surface area contributed by atoms with Crippen molar-refractivity contribution < 1.29 is 9.84 Å². The Bertz CT molecular complexity index is 219. The second kappa shape index (κ2) is 8.13. The van der Waals surface area contributed by atoms with Crippen molar-refractivity contribution in [2.24, 2.45) is 11.3 Å². The zero-order chi connectivity index (χ0) is 13.4. The fourth-order valence-electron chi connectivity index (χ4n) is 2.26. The van der Waals surface area contributed by atoms with Crippen LogP contribution in [-0.2, 0) is 4.74 Å². The summed E-state index contributed by atoms with van der Waals surface area (Å²) in [6.07, 6.45) is 5.84. The molecule has 0 heterocycles. The summed E-state index contributed by atoms with van der Waals surface area (Å²) in [4.78, 5) is 0. The number of nitrogens with one attached hydrogen (secondary N) is 1. The van der Waals surface area contributed by atoms with Gasteiger partial charge in [-0.15, -0.1) is 0 Å². The van der Waals surface area contributed by atoms with E-state index in [1.807, 2.05) is 0 Å². The average molecular weight is 257 g/mol. The number of aliphatic hydroxyl groups is 1. The van der Waals surface area contributed by atoms with Gasteiger partial charge >= 0.3 is 0 Å². The fraction of sp³-hybridized carbons (Fsp3) is 1.00. The highest BCUT2D eigenvalue weighted by atomic mass is 16.5. The number of hydrogen-bond acceptors (Lipinski definition) is 3. The molecule has 0 aromatic carbocycles. The minimum Gasteiger partial charge on any atom is -0.389 e. The lowest BCUT2D eigenvalue weighted by Gasteiger charge is -2.13. The van der Waals surface area contributed by atoms with Gasteiger partial charge in [0.1, 0.15) is 0 Å². The number of rotatable bonds is 11. The Morgan fingerprint density at radius 2 is 2.06 bits per heavy atom. The Morgan fingerprint density at radius 3 is 2.67 bits per heavy atom. The summed E-state index contributed by atoms with van der Waals surface area (Å²) in [6, 6.07) is 0. The molecule has 3 heteroatoms. The molecule has 0 aromatic rings. The van der Waals surface area contributed by atoms with Crippen LogP contribution in [0, 0.1) is 11.3 Å². The molecule has 2 unspecified atom stereocenters. The average Bonchev–Trinajstić information content (AvgIpc) is 2.91. The van der Waals surface area contributed by atoms with Gasteiger partial charge in [0.05, 0.1) is 12.7 Å². The van der Waals surface area contributed by atoms with E-state index in [0.717, 1.165) is 25.5 Å². The molecule has 1 saturated carbocycles. The van der Waals surface area contributed by atoms with Crippen LogP contribution in [0.2, 0.25) is 0 Å². The first-order chi connectivity index (χ1) is 8.56. The van der Waals surface area contributed by atoms with Crippen LogP contribution in [0.25, 0.3) is 0 Å². The predicted octanol–water partition coefficient (Wildman–Crippen LogP) is 2.58. The molecule has 1 aliphatic rings. The molecule has 1 rings (SSSR count). The molecular formula is C15H31NO2. The zero-order valence-corrected chi connectivity index (χ0v) is 12.4. The third-order valence-electron chi connectivity index (χ3n) is 3.94. The first kappa shape index (κ1) is 15.9. The maximum atomic E-state index is 9.73. The van der Waals surface area contributed by atoms with E-state index in [1.165, 1.54) is 25.7 Å². The van der Waals surface area contributed by atoms with Crippen molar-refractivity contribution in [3.8, 4) is 0 Å². The third kappa shape index (κ3) is 6.72. The van der Waals surface area contributed by atoms with Gasteiger partial charge in [0.25, 0.3) is 0 Å². The van der Waals surface area contributed by atoms with Gasteiger partial charge in [0.15, 0.2) is 0 Å². The van der Waals surface area contributed by atoms with E-state index >= 15 is 0 Å². The van der Waals surface area contributed by atoms with Crippen LogP contribution >= 0.6 is 0 Å². The molecule has 18 heavy (non-hydrogen) atoms. The molecule has 0 aromatic heterocycles. The number of hydrogen-bond donors (Lipinski definition) is 2. The van der Waals surface area contributed by atoms with Gasteiger partial charge in [-0.05, 0) is 30.7 Å². The summed E-state index contributed by atoms with van der Waals surface area (Å²) < 4.78 is 5.47. The molecular weight excluding hydrogens is 226 g/mol. The quantitative estimate of drug-likeness (QED) is 0.559. The van der Waals surface area contributed by atoms with Gasteiger partial charge in [0, 0.05) is 13.2 Å². The number of aliphatic hydroxyl groups excluding tert-OH is 1. The molecule has 2 N–H and O–H groups in total. The normalized spacial score (nSPS) is 23.0. The summed E-state index contributed by atoms with van der Waals surface area (Å²) in [5.41, 5.74) is 0.522. The Balaban J connectivity index is 1.84. The lowest BCUT2D eigenvalue weighted by atomic mass is 10.1. The van der Waals surface area contributed by atoms with Crippen LogP contribution in [0.3, 0.4) is 0 Å². The molecule has 108 valence electrons. The van der Waals surface area contributed by atoms with Gasteiger partial charge in [-0.3, -0.25) is 0 Å². The van der Waals surface area contributed by atoms with Gasteiger partial charge in [-0.25, -0.2) is 0 Å². The molecule has 0 radical (unpaired) electrons. The van der Waals surface area contributed by atoms with Crippen LogP contribution in [0.4, 0.5) is 0 Å². The minimum atomic E-state index is -0.363. The maximum absolute atomic E-state index is 9.73. The Morgan fingerprint density at radius 1 is 1.33 bits per heavy atom. The van der Waals surface area contributed by atoms with E-state index in [-0.39, 0.29) is 6.10 Å². The molecule has 2 atom stereocenters. The zero-order valence-electron chi connectivity index (χ0n) is 12.4. The number of unbranched alkanes of at least 4 members (excludes halogenated alkanes) is 3. The summed E-state index contributed by atoms with van der Waals surface area (Å²) in [6.45, 7) is 9.74. The minimum absolute atomic E-state index is 0.363. The van der Waals surface area contributed by atoms with Crippen LogP contribution in [-0.4, -0.2) is 37.5 Å². The molecule has 0 aliphatic heterocycles.